The summed E-state index contributed by atoms with van der Waals surface area (Å²) in [4.78, 5) is 0. The van der Waals surface area contributed by atoms with Crippen LogP contribution in [-0.4, -0.2) is 19.0 Å². The minimum absolute atomic E-state index is 0.185. The molecule has 0 saturated carbocycles. The smallest absolute Gasteiger partial charge is 0.184 e. The molecule has 0 aromatic heterocycles. The van der Waals surface area contributed by atoms with Crippen LogP contribution in [-0.2, 0) is 9.47 Å². The molecule has 2 heteroatoms. The van der Waals surface area contributed by atoms with Crippen molar-refractivity contribution >= 4 is 0 Å². The first kappa shape index (κ1) is 5.69. The molecule has 0 bridgehead atoms. The molecule has 0 aliphatic carbocycles. The number of ether oxygens (including phenoxy) is 2. The molecule has 0 aromatic carbocycles. The van der Waals surface area contributed by atoms with E-state index in [0.29, 0.717) is 6.10 Å². The van der Waals surface area contributed by atoms with Gasteiger partial charge in [0.05, 0.1) is 0 Å². The minimum Gasteiger partial charge on any atom is -0.350 e. The van der Waals surface area contributed by atoms with E-state index in [1.165, 1.54) is 25.7 Å². The molecule has 2 unspecified atom stereocenters. The van der Waals surface area contributed by atoms with E-state index in [2.05, 4.69) is 0 Å². The van der Waals surface area contributed by atoms with Crippen molar-refractivity contribution in [3.05, 3.63) is 0 Å². The maximum atomic E-state index is 5.33. The summed E-state index contributed by atoms with van der Waals surface area (Å²) in [5, 5.41) is 0. The predicted molar refractivity (Wildman–Crippen MR) is 33.1 cm³/mol. The van der Waals surface area contributed by atoms with E-state index in [4.69, 9.17) is 9.47 Å². The van der Waals surface area contributed by atoms with Crippen LogP contribution in [0.3, 0.4) is 0 Å². The Bertz CT molecular complexity index is 91.1. The number of hydrogen-bond donors (Lipinski definition) is 0. The maximum Gasteiger partial charge on any atom is 0.184 e. The molecule has 0 spiro atoms. The van der Waals surface area contributed by atoms with E-state index in [1.54, 1.807) is 0 Å². The SMILES string of the molecule is C1CCOC2OC2CC1. The fraction of sp³-hybridized carbons (Fsp3) is 1.00. The summed E-state index contributed by atoms with van der Waals surface area (Å²) in [5.41, 5.74) is 0. The van der Waals surface area contributed by atoms with Crippen molar-refractivity contribution in [2.45, 2.75) is 38.1 Å². The molecule has 0 aromatic rings. The highest BCUT2D eigenvalue weighted by Gasteiger charge is 2.39. The molecule has 2 aliphatic rings. The first-order valence-corrected chi connectivity index (χ1v) is 3.74. The van der Waals surface area contributed by atoms with Gasteiger partial charge in [0.1, 0.15) is 6.10 Å². The first-order chi connectivity index (χ1) is 4.47. The number of hydrogen-bond acceptors (Lipinski definition) is 2. The van der Waals surface area contributed by atoms with Gasteiger partial charge >= 0.3 is 0 Å². The molecule has 52 valence electrons. The van der Waals surface area contributed by atoms with E-state index in [0.717, 1.165) is 6.61 Å². The molecule has 2 atom stereocenters. The Kier molecular flexibility index (Phi) is 1.44. The molecule has 2 rings (SSSR count). The highest BCUT2D eigenvalue weighted by Crippen LogP contribution is 2.30. The molecule has 0 amide bonds. The van der Waals surface area contributed by atoms with Crippen molar-refractivity contribution in [2.24, 2.45) is 0 Å². The summed E-state index contributed by atoms with van der Waals surface area (Å²) in [6.45, 7) is 0.904. The van der Waals surface area contributed by atoms with Crippen LogP contribution < -0.4 is 0 Å². The minimum atomic E-state index is 0.185. The van der Waals surface area contributed by atoms with Crippen molar-refractivity contribution in [3.8, 4) is 0 Å². The first-order valence-electron chi connectivity index (χ1n) is 3.74. The fourth-order valence-electron chi connectivity index (χ4n) is 1.30. The summed E-state index contributed by atoms with van der Waals surface area (Å²) in [7, 11) is 0. The van der Waals surface area contributed by atoms with Gasteiger partial charge in [0, 0.05) is 6.61 Å². The van der Waals surface area contributed by atoms with Crippen LogP contribution in [0.2, 0.25) is 0 Å². The van der Waals surface area contributed by atoms with Crippen molar-refractivity contribution in [3.63, 3.8) is 0 Å². The lowest BCUT2D eigenvalue weighted by molar-refractivity contribution is 0.0473. The van der Waals surface area contributed by atoms with Gasteiger partial charge in [-0.1, -0.05) is 12.8 Å². The Labute approximate surface area is 55.1 Å². The van der Waals surface area contributed by atoms with E-state index in [1.807, 2.05) is 0 Å². The summed E-state index contributed by atoms with van der Waals surface area (Å²) < 4.78 is 10.6. The quantitative estimate of drug-likeness (QED) is 0.459. The number of fused-ring (bicyclic) bond motifs is 1. The lowest BCUT2D eigenvalue weighted by Crippen LogP contribution is -2.05. The zero-order valence-electron chi connectivity index (χ0n) is 5.51. The Morgan fingerprint density at radius 2 is 2.11 bits per heavy atom. The van der Waals surface area contributed by atoms with E-state index >= 15 is 0 Å². The molecule has 2 fully saturated rings. The number of epoxide rings is 1. The lowest BCUT2D eigenvalue weighted by atomic mass is 10.1. The van der Waals surface area contributed by atoms with Crippen LogP contribution in [0.15, 0.2) is 0 Å². The maximum absolute atomic E-state index is 5.33. The lowest BCUT2D eigenvalue weighted by Gasteiger charge is -2.03. The fourth-order valence-corrected chi connectivity index (χ4v) is 1.30. The molecule has 2 nitrogen and oxygen atoms in total. The Balaban J connectivity index is 1.81. The highest BCUT2D eigenvalue weighted by atomic mass is 16.8. The Hall–Kier alpha value is -0.0800. The van der Waals surface area contributed by atoms with Crippen molar-refractivity contribution < 1.29 is 9.47 Å². The third-order valence-electron chi connectivity index (χ3n) is 1.95. The van der Waals surface area contributed by atoms with Crippen LogP contribution in [0.1, 0.15) is 25.7 Å². The van der Waals surface area contributed by atoms with Crippen LogP contribution in [0, 0.1) is 0 Å². The summed E-state index contributed by atoms with van der Waals surface area (Å²) >= 11 is 0. The van der Waals surface area contributed by atoms with E-state index < -0.39 is 0 Å². The van der Waals surface area contributed by atoms with E-state index in [9.17, 15) is 0 Å². The Morgan fingerprint density at radius 1 is 1.11 bits per heavy atom. The van der Waals surface area contributed by atoms with Gasteiger partial charge in [-0.3, -0.25) is 0 Å². The number of rotatable bonds is 0. The zero-order valence-corrected chi connectivity index (χ0v) is 5.51. The Morgan fingerprint density at radius 3 is 3.11 bits per heavy atom. The van der Waals surface area contributed by atoms with Crippen molar-refractivity contribution in [1.82, 2.24) is 0 Å². The molecule has 9 heavy (non-hydrogen) atoms. The average molecular weight is 128 g/mol. The predicted octanol–water partition coefficient (Wildman–Crippen LogP) is 1.30. The molecule has 0 radical (unpaired) electrons. The second kappa shape index (κ2) is 2.27. The molecular formula is C7H12O2. The van der Waals surface area contributed by atoms with Gasteiger partial charge in [-0.05, 0) is 12.8 Å². The van der Waals surface area contributed by atoms with Gasteiger partial charge in [-0.2, -0.15) is 0 Å². The van der Waals surface area contributed by atoms with Gasteiger partial charge in [0.25, 0.3) is 0 Å². The molecule has 2 saturated heterocycles. The van der Waals surface area contributed by atoms with Gasteiger partial charge < -0.3 is 9.47 Å². The summed E-state index contributed by atoms with van der Waals surface area (Å²) in [6.07, 6.45) is 5.71. The van der Waals surface area contributed by atoms with Crippen LogP contribution >= 0.6 is 0 Å². The molecule has 0 N–H and O–H groups in total. The van der Waals surface area contributed by atoms with E-state index in [-0.39, 0.29) is 6.29 Å². The van der Waals surface area contributed by atoms with Crippen LogP contribution in [0.4, 0.5) is 0 Å². The molecular weight excluding hydrogens is 116 g/mol. The van der Waals surface area contributed by atoms with Crippen molar-refractivity contribution in [2.75, 3.05) is 6.61 Å². The summed E-state index contributed by atoms with van der Waals surface area (Å²) in [5.74, 6) is 0. The third kappa shape index (κ3) is 1.25. The largest absolute Gasteiger partial charge is 0.350 e. The standard InChI is InChI=1S/C7H12O2/c1-2-4-6-7(9-6)8-5-3-1/h6-7H,1-5H2. The zero-order chi connectivity index (χ0) is 6.10. The van der Waals surface area contributed by atoms with Gasteiger partial charge in [-0.25, -0.2) is 0 Å². The van der Waals surface area contributed by atoms with Gasteiger partial charge in [0.2, 0.25) is 0 Å². The van der Waals surface area contributed by atoms with Gasteiger partial charge in [0.15, 0.2) is 6.29 Å². The highest BCUT2D eigenvalue weighted by molar-refractivity contribution is 4.77. The molecule has 2 heterocycles. The topological polar surface area (TPSA) is 21.8 Å². The molecule has 2 aliphatic heterocycles. The second-order valence-corrected chi connectivity index (χ2v) is 2.76. The monoisotopic (exact) mass is 128 g/mol. The second-order valence-electron chi connectivity index (χ2n) is 2.76. The van der Waals surface area contributed by atoms with Crippen molar-refractivity contribution in [1.29, 1.82) is 0 Å². The average Bonchev–Trinajstić information content (AvgIpc) is 2.46. The van der Waals surface area contributed by atoms with Crippen LogP contribution in [0.25, 0.3) is 0 Å². The van der Waals surface area contributed by atoms with Gasteiger partial charge in [-0.15, -0.1) is 0 Å². The van der Waals surface area contributed by atoms with Crippen LogP contribution in [0.5, 0.6) is 0 Å². The third-order valence-corrected chi connectivity index (χ3v) is 1.95. The summed E-state index contributed by atoms with van der Waals surface area (Å²) in [6, 6.07) is 0. The normalized spacial score (nSPS) is 42.7.